The molecule has 0 radical (unpaired) electrons. The monoisotopic (exact) mass is 354 g/mol. The number of ether oxygens (including phenoxy) is 1. The molecule has 2 aromatic carbocycles. The van der Waals surface area contributed by atoms with Crippen LogP contribution in [-0.2, 0) is 4.79 Å². The molecule has 2 rings (SSSR count). The number of rotatable bonds is 6. The second-order valence-corrected chi connectivity index (χ2v) is 5.83. The van der Waals surface area contributed by atoms with Crippen molar-refractivity contribution in [2.24, 2.45) is 0 Å². The molecule has 0 bridgehead atoms. The topological polar surface area (TPSA) is 62.1 Å². The molecule has 0 fully saturated rings. The molecule has 0 unspecified atom stereocenters. The van der Waals surface area contributed by atoms with Crippen LogP contribution in [0.4, 0.5) is 0 Å². The van der Waals surface area contributed by atoms with Crippen molar-refractivity contribution in [3.8, 4) is 11.8 Å². The van der Waals surface area contributed by atoms with Crippen molar-refractivity contribution in [3.05, 3.63) is 70.3 Å². The van der Waals surface area contributed by atoms with E-state index in [0.29, 0.717) is 22.9 Å². The molecule has 128 valence electrons. The number of nitriles is 1. The molecule has 0 aliphatic carbocycles. The third-order valence-electron chi connectivity index (χ3n) is 3.58. The predicted molar refractivity (Wildman–Crippen MR) is 99.2 cm³/mol. The minimum atomic E-state index is -0.443. The van der Waals surface area contributed by atoms with Gasteiger partial charge in [0.15, 0.2) is 0 Å². The zero-order valence-corrected chi connectivity index (χ0v) is 14.9. The summed E-state index contributed by atoms with van der Waals surface area (Å²) in [6.45, 7) is 4.20. The second kappa shape index (κ2) is 8.91. The van der Waals surface area contributed by atoms with E-state index in [9.17, 15) is 10.1 Å². The lowest BCUT2D eigenvalue weighted by atomic mass is 10.1. The van der Waals surface area contributed by atoms with Crippen LogP contribution in [0, 0.1) is 11.3 Å². The van der Waals surface area contributed by atoms with Crippen LogP contribution in [-0.4, -0.2) is 12.5 Å². The molecule has 0 saturated carbocycles. The zero-order chi connectivity index (χ0) is 18.2. The molecule has 0 heterocycles. The third kappa shape index (κ3) is 5.10. The smallest absolute Gasteiger partial charge is 0.262 e. The Morgan fingerprint density at radius 3 is 2.68 bits per heavy atom. The fourth-order valence-electron chi connectivity index (χ4n) is 2.32. The Labute approximate surface area is 152 Å². The van der Waals surface area contributed by atoms with E-state index in [0.717, 1.165) is 5.56 Å². The quantitative estimate of drug-likeness (QED) is 0.612. The number of hydrogen-bond acceptors (Lipinski definition) is 3. The van der Waals surface area contributed by atoms with Crippen molar-refractivity contribution in [3.63, 3.8) is 0 Å². The minimum Gasteiger partial charge on any atom is -0.493 e. The van der Waals surface area contributed by atoms with E-state index < -0.39 is 5.91 Å². The van der Waals surface area contributed by atoms with Gasteiger partial charge < -0.3 is 10.1 Å². The molecule has 0 saturated heterocycles. The normalized spacial score (nSPS) is 12.2. The number of nitrogens with one attached hydrogen (secondary N) is 1. The second-order valence-electron chi connectivity index (χ2n) is 5.39. The van der Waals surface area contributed by atoms with Gasteiger partial charge in [-0.05, 0) is 43.7 Å². The first-order chi connectivity index (χ1) is 12.0. The third-order valence-corrected chi connectivity index (χ3v) is 3.82. The Hall–Kier alpha value is -2.77. The summed E-state index contributed by atoms with van der Waals surface area (Å²) in [5.74, 6) is 0.129. The number of carbonyl (C=O) groups is 1. The first kappa shape index (κ1) is 18.6. The highest BCUT2D eigenvalue weighted by molar-refractivity contribution is 6.30. The summed E-state index contributed by atoms with van der Waals surface area (Å²) in [5.41, 5.74) is 1.55. The van der Waals surface area contributed by atoms with E-state index >= 15 is 0 Å². The van der Waals surface area contributed by atoms with Crippen LogP contribution >= 0.6 is 11.6 Å². The molecule has 0 aliphatic heterocycles. The number of amides is 1. The van der Waals surface area contributed by atoms with Gasteiger partial charge in [0, 0.05) is 10.6 Å². The van der Waals surface area contributed by atoms with Gasteiger partial charge in [-0.3, -0.25) is 4.79 Å². The van der Waals surface area contributed by atoms with E-state index in [2.05, 4.69) is 5.32 Å². The van der Waals surface area contributed by atoms with Crippen LogP contribution in [0.25, 0.3) is 6.08 Å². The molecule has 4 nitrogen and oxygen atoms in total. The van der Waals surface area contributed by atoms with Gasteiger partial charge in [-0.2, -0.15) is 5.26 Å². The SMILES string of the molecule is CCOc1ccc(Cl)cc1/C=C(\C#N)C(=O)N[C@H](C)c1ccccc1. The summed E-state index contributed by atoms with van der Waals surface area (Å²) in [7, 11) is 0. The highest BCUT2D eigenvalue weighted by Crippen LogP contribution is 2.25. The lowest BCUT2D eigenvalue weighted by molar-refractivity contribution is -0.117. The average molecular weight is 355 g/mol. The summed E-state index contributed by atoms with van der Waals surface area (Å²) >= 11 is 6.02. The van der Waals surface area contributed by atoms with Crippen LogP contribution in [0.5, 0.6) is 5.75 Å². The predicted octanol–water partition coefficient (Wildman–Crippen LogP) is 4.52. The van der Waals surface area contributed by atoms with Gasteiger partial charge in [0.1, 0.15) is 17.4 Å². The molecular formula is C20H19ClN2O2. The highest BCUT2D eigenvalue weighted by Gasteiger charge is 2.15. The van der Waals surface area contributed by atoms with Crippen molar-refractivity contribution in [1.29, 1.82) is 5.26 Å². The number of nitrogens with zero attached hydrogens (tertiary/aromatic N) is 1. The molecule has 0 aromatic heterocycles. The fourth-order valence-corrected chi connectivity index (χ4v) is 2.50. The molecule has 25 heavy (non-hydrogen) atoms. The van der Waals surface area contributed by atoms with E-state index in [1.807, 2.05) is 50.2 Å². The van der Waals surface area contributed by atoms with Gasteiger partial charge in [-0.15, -0.1) is 0 Å². The first-order valence-corrected chi connectivity index (χ1v) is 8.33. The van der Waals surface area contributed by atoms with Gasteiger partial charge in [-0.1, -0.05) is 41.9 Å². The molecule has 2 aromatic rings. The summed E-state index contributed by atoms with van der Waals surface area (Å²) < 4.78 is 5.52. The van der Waals surface area contributed by atoms with Crippen molar-refractivity contribution in [1.82, 2.24) is 5.32 Å². The summed E-state index contributed by atoms with van der Waals surface area (Å²) in [6.07, 6.45) is 1.49. The maximum atomic E-state index is 12.4. The van der Waals surface area contributed by atoms with Crippen LogP contribution < -0.4 is 10.1 Å². The minimum absolute atomic E-state index is 0.00833. The molecular weight excluding hydrogens is 336 g/mol. The van der Waals surface area contributed by atoms with E-state index in [4.69, 9.17) is 16.3 Å². The van der Waals surface area contributed by atoms with Gasteiger partial charge in [0.2, 0.25) is 0 Å². The average Bonchev–Trinajstić information content (AvgIpc) is 2.62. The van der Waals surface area contributed by atoms with Crippen LogP contribution in [0.1, 0.15) is 31.0 Å². The van der Waals surface area contributed by atoms with Gasteiger partial charge >= 0.3 is 0 Å². The lowest BCUT2D eigenvalue weighted by Gasteiger charge is -2.14. The first-order valence-electron chi connectivity index (χ1n) is 7.95. The molecule has 1 N–H and O–H groups in total. The largest absolute Gasteiger partial charge is 0.493 e. The standard InChI is InChI=1S/C20H19ClN2O2/c1-3-25-19-10-9-18(21)12-16(19)11-17(13-22)20(24)23-14(2)15-7-5-4-6-8-15/h4-12,14H,3H2,1-2H3,(H,23,24)/b17-11+/t14-/m1/s1. The van der Waals surface area contributed by atoms with Gasteiger partial charge in [0.25, 0.3) is 5.91 Å². The summed E-state index contributed by atoms with van der Waals surface area (Å²) in [6, 6.07) is 16.4. The van der Waals surface area contributed by atoms with E-state index in [1.54, 1.807) is 18.2 Å². The Bertz CT molecular complexity index is 810. The number of benzene rings is 2. The zero-order valence-electron chi connectivity index (χ0n) is 14.1. The molecule has 5 heteroatoms. The number of carbonyl (C=O) groups excluding carboxylic acids is 1. The van der Waals surface area contributed by atoms with Crippen molar-refractivity contribution < 1.29 is 9.53 Å². The van der Waals surface area contributed by atoms with Crippen molar-refractivity contribution >= 4 is 23.6 Å². The van der Waals surface area contributed by atoms with Crippen LogP contribution in [0.15, 0.2) is 54.1 Å². The summed E-state index contributed by atoms with van der Waals surface area (Å²) in [4.78, 5) is 12.4. The lowest BCUT2D eigenvalue weighted by Crippen LogP contribution is -2.27. The van der Waals surface area contributed by atoms with Crippen LogP contribution in [0.2, 0.25) is 5.02 Å². The Morgan fingerprint density at radius 2 is 2.04 bits per heavy atom. The maximum Gasteiger partial charge on any atom is 0.262 e. The van der Waals surface area contributed by atoms with E-state index in [-0.39, 0.29) is 11.6 Å². The maximum absolute atomic E-state index is 12.4. The van der Waals surface area contributed by atoms with E-state index in [1.165, 1.54) is 6.08 Å². The molecule has 0 spiro atoms. The summed E-state index contributed by atoms with van der Waals surface area (Å²) in [5, 5.41) is 12.7. The van der Waals surface area contributed by atoms with Gasteiger partial charge in [0.05, 0.1) is 12.6 Å². The highest BCUT2D eigenvalue weighted by atomic mass is 35.5. The fraction of sp³-hybridized carbons (Fsp3) is 0.200. The van der Waals surface area contributed by atoms with Crippen molar-refractivity contribution in [2.45, 2.75) is 19.9 Å². The Kier molecular flexibility index (Phi) is 6.62. The van der Waals surface area contributed by atoms with Crippen molar-refractivity contribution in [2.75, 3.05) is 6.61 Å². The Morgan fingerprint density at radius 1 is 1.32 bits per heavy atom. The Balaban J connectivity index is 2.24. The van der Waals surface area contributed by atoms with Crippen LogP contribution in [0.3, 0.4) is 0 Å². The molecule has 1 amide bonds. The molecule has 0 aliphatic rings. The van der Waals surface area contributed by atoms with Gasteiger partial charge in [-0.25, -0.2) is 0 Å². The molecule has 1 atom stereocenters. The number of halogens is 1. The number of hydrogen-bond donors (Lipinski definition) is 1.